The Morgan fingerprint density at radius 2 is 2.37 bits per heavy atom. The Morgan fingerprint density at radius 3 is 3.00 bits per heavy atom. The molecule has 0 saturated carbocycles. The lowest BCUT2D eigenvalue weighted by atomic mass is 9.95. The van der Waals surface area contributed by atoms with Crippen molar-refractivity contribution >= 4 is 21.9 Å². The smallest absolute Gasteiger partial charge is 0.303 e. The number of carboxylic acid groups (broad SMARTS) is 1. The highest BCUT2D eigenvalue weighted by molar-refractivity contribution is 9.10. The molecule has 106 valence electrons. The molecule has 0 aromatic carbocycles. The van der Waals surface area contributed by atoms with E-state index in [0.29, 0.717) is 6.04 Å². The van der Waals surface area contributed by atoms with Gasteiger partial charge in [-0.25, -0.2) is 0 Å². The average molecular weight is 330 g/mol. The molecule has 2 heterocycles. The predicted molar refractivity (Wildman–Crippen MR) is 76.0 cm³/mol. The van der Waals surface area contributed by atoms with Crippen LogP contribution in [0, 0.1) is 0 Å². The van der Waals surface area contributed by atoms with E-state index < -0.39 is 5.97 Å². The maximum absolute atomic E-state index is 10.7. The third kappa shape index (κ3) is 3.83. The van der Waals surface area contributed by atoms with Crippen molar-refractivity contribution < 1.29 is 14.3 Å². The van der Waals surface area contributed by atoms with Gasteiger partial charge >= 0.3 is 5.97 Å². The van der Waals surface area contributed by atoms with Gasteiger partial charge in [0.15, 0.2) is 4.67 Å². The van der Waals surface area contributed by atoms with Crippen LogP contribution in [0.1, 0.15) is 50.8 Å². The highest BCUT2D eigenvalue weighted by Gasteiger charge is 2.28. The summed E-state index contributed by atoms with van der Waals surface area (Å²) < 4.78 is 6.38. The number of aliphatic carboxylic acids is 1. The molecule has 1 N–H and O–H groups in total. The minimum Gasteiger partial charge on any atom is -0.481 e. The number of carbonyl (C=O) groups is 1. The molecular formula is C14H20BrNO3. The fourth-order valence-corrected chi connectivity index (χ4v) is 3.17. The number of nitrogens with zero attached hydrogens (tertiary/aromatic N) is 1. The molecule has 1 aliphatic heterocycles. The van der Waals surface area contributed by atoms with Crippen LogP contribution < -0.4 is 0 Å². The molecular weight excluding hydrogens is 310 g/mol. The van der Waals surface area contributed by atoms with E-state index in [-0.39, 0.29) is 12.5 Å². The summed E-state index contributed by atoms with van der Waals surface area (Å²) in [5, 5.41) is 8.85. The number of rotatable bonds is 5. The van der Waals surface area contributed by atoms with Crippen LogP contribution in [0.5, 0.6) is 0 Å². The summed E-state index contributed by atoms with van der Waals surface area (Å²) >= 11 is 3.33. The monoisotopic (exact) mass is 329 g/mol. The minimum absolute atomic E-state index is 0.199. The van der Waals surface area contributed by atoms with Crippen molar-refractivity contribution in [1.82, 2.24) is 4.90 Å². The Balaban J connectivity index is 2.03. The van der Waals surface area contributed by atoms with E-state index in [2.05, 4.69) is 27.8 Å². The lowest BCUT2D eigenvalue weighted by Crippen LogP contribution is -2.41. The van der Waals surface area contributed by atoms with Crippen LogP contribution in [0.2, 0.25) is 0 Å². The molecule has 5 heteroatoms. The van der Waals surface area contributed by atoms with E-state index in [1.165, 1.54) is 12.8 Å². The molecule has 0 bridgehead atoms. The van der Waals surface area contributed by atoms with Crippen molar-refractivity contribution in [2.45, 2.75) is 51.1 Å². The van der Waals surface area contributed by atoms with Gasteiger partial charge < -0.3 is 9.52 Å². The number of carboxylic acids is 1. The Hall–Kier alpha value is -0.810. The number of hydrogen-bond donors (Lipinski definition) is 1. The van der Waals surface area contributed by atoms with Crippen LogP contribution in [0.3, 0.4) is 0 Å². The molecule has 2 atom stereocenters. The van der Waals surface area contributed by atoms with E-state index in [9.17, 15) is 4.79 Å². The van der Waals surface area contributed by atoms with Crippen LogP contribution in [-0.4, -0.2) is 28.6 Å². The maximum Gasteiger partial charge on any atom is 0.303 e. The summed E-state index contributed by atoms with van der Waals surface area (Å²) in [4.78, 5) is 13.1. The van der Waals surface area contributed by atoms with Gasteiger partial charge in [0.1, 0.15) is 5.76 Å². The summed E-state index contributed by atoms with van der Waals surface area (Å²) in [5.41, 5.74) is 0. The third-order valence-corrected chi connectivity index (χ3v) is 4.29. The molecule has 0 radical (unpaired) electrons. The van der Waals surface area contributed by atoms with Gasteiger partial charge in [-0.2, -0.15) is 0 Å². The van der Waals surface area contributed by atoms with Crippen molar-refractivity contribution in [3.05, 3.63) is 22.6 Å². The summed E-state index contributed by atoms with van der Waals surface area (Å²) in [6.07, 6.45) is 4.42. The lowest BCUT2D eigenvalue weighted by molar-refractivity contribution is -0.137. The first kappa shape index (κ1) is 14.6. The molecule has 0 spiro atoms. The second-order valence-electron chi connectivity index (χ2n) is 5.14. The van der Waals surface area contributed by atoms with Crippen LogP contribution in [0.15, 0.2) is 21.2 Å². The third-order valence-electron chi connectivity index (χ3n) is 3.87. The fraction of sp³-hybridized carbons (Fsp3) is 0.643. The van der Waals surface area contributed by atoms with E-state index in [0.717, 1.165) is 29.8 Å². The zero-order valence-electron chi connectivity index (χ0n) is 11.1. The van der Waals surface area contributed by atoms with Crippen molar-refractivity contribution in [1.29, 1.82) is 0 Å². The van der Waals surface area contributed by atoms with Gasteiger partial charge in [-0.1, -0.05) is 6.42 Å². The molecule has 1 aromatic heterocycles. The Kier molecular flexibility index (Phi) is 5.05. The second kappa shape index (κ2) is 6.57. The summed E-state index contributed by atoms with van der Waals surface area (Å²) in [6.45, 7) is 3.15. The molecule has 0 amide bonds. The topological polar surface area (TPSA) is 53.7 Å². The second-order valence-corrected chi connectivity index (χ2v) is 5.92. The van der Waals surface area contributed by atoms with Gasteiger partial charge in [0, 0.05) is 12.5 Å². The molecule has 1 aliphatic rings. The first-order valence-electron chi connectivity index (χ1n) is 6.80. The molecule has 1 aromatic rings. The van der Waals surface area contributed by atoms with Crippen LogP contribution >= 0.6 is 15.9 Å². The van der Waals surface area contributed by atoms with Gasteiger partial charge in [-0.3, -0.25) is 9.69 Å². The van der Waals surface area contributed by atoms with E-state index in [4.69, 9.17) is 9.52 Å². The summed E-state index contributed by atoms with van der Waals surface area (Å²) in [5.74, 6) is 0.230. The first-order chi connectivity index (χ1) is 9.08. The van der Waals surface area contributed by atoms with Gasteiger partial charge in [-0.05, 0) is 60.8 Å². The van der Waals surface area contributed by atoms with Crippen molar-refractivity contribution in [2.24, 2.45) is 0 Å². The normalized spacial score (nSPS) is 22.3. The molecule has 0 aliphatic carbocycles. The van der Waals surface area contributed by atoms with Crippen LogP contribution in [0.25, 0.3) is 0 Å². The molecule has 2 unspecified atom stereocenters. The minimum atomic E-state index is -0.709. The first-order valence-corrected chi connectivity index (χ1v) is 7.60. The summed E-state index contributed by atoms with van der Waals surface area (Å²) in [6, 6.07) is 4.44. The standard InChI is InChI=1S/C14H20BrNO3/c1-10(12-6-7-13(15)19-12)16-9-3-2-4-11(16)5-8-14(17)18/h6-7,10-11H,2-5,8-9H2,1H3,(H,17,18). The van der Waals surface area contributed by atoms with Crippen LogP contribution in [0.4, 0.5) is 0 Å². The van der Waals surface area contributed by atoms with Gasteiger partial charge in [0.25, 0.3) is 0 Å². The van der Waals surface area contributed by atoms with Gasteiger partial charge in [0.2, 0.25) is 0 Å². The Bertz CT molecular complexity index is 432. The number of hydrogen-bond acceptors (Lipinski definition) is 3. The number of halogens is 1. The van der Waals surface area contributed by atoms with Gasteiger partial charge in [0.05, 0.1) is 6.04 Å². The van der Waals surface area contributed by atoms with E-state index >= 15 is 0 Å². The molecule has 1 saturated heterocycles. The zero-order chi connectivity index (χ0) is 13.8. The maximum atomic E-state index is 10.7. The number of likely N-dealkylation sites (tertiary alicyclic amines) is 1. The quantitative estimate of drug-likeness (QED) is 0.892. The molecule has 19 heavy (non-hydrogen) atoms. The Morgan fingerprint density at radius 1 is 1.58 bits per heavy atom. The SMILES string of the molecule is CC(c1ccc(Br)o1)N1CCCCC1CCC(=O)O. The highest BCUT2D eigenvalue weighted by atomic mass is 79.9. The molecule has 1 fully saturated rings. The van der Waals surface area contributed by atoms with Crippen molar-refractivity contribution in [2.75, 3.05) is 6.54 Å². The largest absolute Gasteiger partial charge is 0.481 e. The van der Waals surface area contributed by atoms with Crippen LogP contribution in [-0.2, 0) is 4.79 Å². The highest BCUT2D eigenvalue weighted by Crippen LogP contribution is 2.32. The van der Waals surface area contributed by atoms with E-state index in [1.54, 1.807) is 0 Å². The Labute approximate surface area is 121 Å². The molecule has 4 nitrogen and oxygen atoms in total. The average Bonchev–Trinajstić information content (AvgIpc) is 2.82. The molecule has 2 rings (SSSR count). The zero-order valence-corrected chi connectivity index (χ0v) is 12.7. The van der Waals surface area contributed by atoms with E-state index in [1.807, 2.05) is 12.1 Å². The lowest BCUT2D eigenvalue weighted by Gasteiger charge is -2.39. The predicted octanol–water partition coefficient (Wildman–Crippen LogP) is 3.82. The summed E-state index contributed by atoms with van der Waals surface area (Å²) in [7, 11) is 0. The fourth-order valence-electron chi connectivity index (χ4n) is 2.85. The number of piperidine rings is 1. The van der Waals surface area contributed by atoms with Gasteiger partial charge in [-0.15, -0.1) is 0 Å². The number of furan rings is 1. The van der Waals surface area contributed by atoms with Crippen molar-refractivity contribution in [3.8, 4) is 0 Å². The van der Waals surface area contributed by atoms with Crippen molar-refractivity contribution in [3.63, 3.8) is 0 Å².